The molecule has 0 radical (unpaired) electrons. The average Bonchev–Trinajstić information content (AvgIpc) is 3.00. The summed E-state index contributed by atoms with van der Waals surface area (Å²) in [7, 11) is 0. The first-order chi connectivity index (χ1) is 10.2. The van der Waals surface area contributed by atoms with Crippen LogP contribution in [0.4, 0.5) is 0 Å². The van der Waals surface area contributed by atoms with E-state index in [1.54, 1.807) is 12.3 Å². The molecule has 1 aromatic carbocycles. The number of ketones is 1. The fourth-order valence-electron chi connectivity index (χ4n) is 2.56. The number of halogens is 1. The van der Waals surface area contributed by atoms with Crippen LogP contribution in [0.15, 0.2) is 58.9 Å². The second-order valence-corrected chi connectivity index (χ2v) is 5.67. The van der Waals surface area contributed by atoms with Gasteiger partial charge in [0.1, 0.15) is 5.76 Å². The summed E-state index contributed by atoms with van der Waals surface area (Å²) in [5.41, 5.74) is 2.09. The SMILES string of the molecule is O=C1C=C(NCc2ccc(Cl)cc2)C[C@H](c2ccco2)C1. The van der Waals surface area contributed by atoms with E-state index >= 15 is 0 Å². The molecule has 0 unspecified atom stereocenters. The molecule has 108 valence electrons. The molecule has 21 heavy (non-hydrogen) atoms. The Morgan fingerprint density at radius 3 is 2.71 bits per heavy atom. The van der Waals surface area contributed by atoms with Crippen molar-refractivity contribution in [2.75, 3.05) is 0 Å². The molecule has 0 fully saturated rings. The normalized spacial score (nSPS) is 18.4. The van der Waals surface area contributed by atoms with Crippen molar-refractivity contribution >= 4 is 17.4 Å². The van der Waals surface area contributed by atoms with Crippen molar-refractivity contribution in [1.82, 2.24) is 5.32 Å². The van der Waals surface area contributed by atoms with E-state index in [4.69, 9.17) is 16.0 Å². The molecule has 0 saturated heterocycles. The van der Waals surface area contributed by atoms with Gasteiger partial charge in [-0.2, -0.15) is 0 Å². The number of furan rings is 1. The monoisotopic (exact) mass is 301 g/mol. The van der Waals surface area contributed by atoms with Crippen LogP contribution >= 0.6 is 11.6 Å². The number of carbonyl (C=O) groups excluding carboxylic acids is 1. The molecule has 1 atom stereocenters. The van der Waals surface area contributed by atoms with Gasteiger partial charge in [-0.25, -0.2) is 0 Å². The highest BCUT2D eigenvalue weighted by Crippen LogP contribution is 2.30. The molecule has 0 aliphatic heterocycles. The molecule has 0 bridgehead atoms. The molecule has 4 heteroatoms. The van der Waals surface area contributed by atoms with Gasteiger partial charge < -0.3 is 9.73 Å². The molecule has 1 aromatic heterocycles. The fraction of sp³-hybridized carbons (Fsp3) is 0.235. The molecule has 1 N–H and O–H groups in total. The number of nitrogens with one attached hydrogen (secondary N) is 1. The number of benzene rings is 1. The summed E-state index contributed by atoms with van der Waals surface area (Å²) in [5.74, 6) is 1.15. The molecule has 0 amide bonds. The number of carbonyl (C=O) groups is 1. The molecule has 1 heterocycles. The van der Waals surface area contributed by atoms with E-state index in [1.165, 1.54) is 0 Å². The van der Waals surface area contributed by atoms with E-state index in [0.29, 0.717) is 13.0 Å². The quantitative estimate of drug-likeness (QED) is 0.926. The van der Waals surface area contributed by atoms with Gasteiger partial charge >= 0.3 is 0 Å². The van der Waals surface area contributed by atoms with Gasteiger partial charge in [0.2, 0.25) is 0 Å². The Labute approximate surface area is 128 Å². The van der Waals surface area contributed by atoms with Crippen molar-refractivity contribution in [2.45, 2.75) is 25.3 Å². The van der Waals surface area contributed by atoms with Gasteiger partial charge in [0.25, 0.3) is 0 Å². The van der Waals surface area contributed by atoms with Gasteiger partial charge in [-0.05, 0) is 36.2 Å². The van der Waals surface area contributed by atoms with Crippen molar-refractivity contribution in [1.29, 1.82) is 0 Å². The third kappa shape index (κ3) is 3.56. The van der Waals surface area contributed by atoms with Crippen LogP contribution in [0.5, 0.6) is 0 Å². The number of hydrogen-bond acceptors (Lipinski definition) is 3. The Hall–Kier alpha value is -2.00. The van der Waals surface area contributed by atoms with Crippen LogP contribution in [0.2, 0.25) is 5.02 Å². The summed E-state index contributed by atoms with van der Waals surface area (Å²) in [5, 5.41) is 4.06. The Morgan fingerprint density at radius 1 is 1.19 bits per heavy atom. The molecule has 0 spiro atoms. The van der Waals surface area contributed by atoms with Crippen molar-refractivity contribution in [3.8, 4) is 0 Å². The van der Waals surface area contributed by atoms with E-state index in [2.05, 4.69) is 5.32 Å². The fourth-order valence-corrected chi connectivity index (χ4v) is 2.68. The number of rotatable bonds is 4. The van der Waals surface area contributed by atoms with Gasteiger partial charge in [-0.3, -0.25) is 4.79 Å². The summed E-state index contributed by atoms with van der Waals surface area (Å²) in [6.45, 7) is 0.682. The van der Waals surface area contributed by atoms with Crippen LogP contribution in [0, 0.1) is 0 Å². The summed E-state index contributed by atoms with van der Waals surface area (Å²) in [6.07, 6.45) is 4.67. The summed E-state index contributed by atoms with van der Waals surface area (Å²) < 4.78 is 5.42. The Bertz CT molecular complexity index is 644. The van der Waals surface area contributed by atoms with E-state index in [-0.39, 0.29) is 11.7 Å². The lowest BCUT2D eigenvalue weighted by atomic mass is 9.89. The minimum atomic E-state index is 0.130. The first-order valence-corrected chi connectivity index (χ1v) is 7.33. The van der Waals surface area contributed by atoms with E-state index in [9.17, 15) is 4.79 Å². The summed E-state index contributed by atoms with van der Waals surface area (Å²) >= 11 is 5.87. The van der Waals surface area contributed by atoms with Gasteiger partial charge in [-0.15, -0.1) is 0 Å². The summed E-state index contributed by atoms with van der Waals surface area (Å²) in [4.78, 5) is 11.9. The minimum absolute atomic E-state index is 0.130. The van der Waals surface area contributed by atoms with Gasteiger partial charge in [-0.1, -0.05) is 23.7 Å². The first kappa shape index (κ1) is 14.0. The summed E-state index contributed by atoms with van der Waals surface area (Å²) in [6, 6.07) is 11.5. The molecule has 3 nitrogen and oxygen atoms in total. The van der Waals surface area contributed by atoms with Gasteiger partial charge in [0, 0.05) is 35.7 Å². The lowest BCUT2D eigenvalue weighted by molar-refractivity contribution is -0.115. The molecular weight excluding hydrogens is 286 g/mol. The third-order valence-electron chi connectivity index (χ3n) is 3.63. The van der Waals surface area contributed by atoms with Crippen molar-refractivity contribution < 1.29 is 9.21 Å². The highest BCUT2D eigenvalue weighted by Gasteiger charge is 2.23. The third-order valence-corrected chi connectivity index (χ3v) is 3.88. The van der Waals surface area contributed by atoms with Gasteiger partial charge in [0.15, 0.2) is 5.78 Å². The number of hydrogen-bond donors (Lipinski definition) is 1. The molecule has 3 rings (SSSR count). The largest absolute Gasteiger partial charge is 0.469 e. The predicted molar refractivity (Wildman–Crippen MR) is 82.1 cm³/mol. The Kier molecular flexibility index (Phi) is 4.11. The minimum Gasteiger partial charge on any atom is -0.469 e. The topological polar surface area (TPSA) is 42.2 Å². The lowest BCUT2D eigenvalue weighted by Gasteiger charge is -2.21. The zero-order chi connectivity index (χ0) is 14.7. The smallest absolute Gasteiger partial charge is 0.158 e. The molecule has 1 aliphatic carbocycles. The maximum absolute atomic E-state index is 11.9. The first-order valence-electron chi connectivity index (χ1n) is 6.96. The van der Waals surface area contributed by atoms with E-state index in [1.807, 2.05) is 36.4 Å². The highest BCUT2D eigenvalue weighted by atomic mass is 35.5. The van der Waals surface area contributed by atoms with E-state index in [0.717, 1.165) is 28.5 Å². The van der Waals surface area contributed by atoms with Crippen LogP contribution in [-0.2, 0) is 11.3 Å². The van der Waals surface area contributed by atoms with Crippen molar-refractivity contribution in [3.05, 3.63) is 70.8 Å². The highest BCUT2D eigenvalue weighted by molar-refractivity contribution is 6.30. The van der Waals surface area contributed by atoms with Crippen molar-refractivity contribution in [2.24, 2.45) is 0 Å². The zero-order valence-corrected chi connectivity index (χ0v) is 12.3. The predicted octanol–water partition coefficient (Wildman–Crippen LogP) is 4.05. The van der Waals surface area contributed by atoms with Crippen LogP contribution in [-0.4, -0.2) is 5.78 Å². The van der Waals surface area contributed by atoms with Crippen molar-refractivity contribution in [3.63, 3.8) is 0 Å². The van der Waals surface area contributed by atoms with Gasteiger partial charge in [0.05, 0.1) is 6.26 Å². The van der Waals surface area contributed by atoms with Crippen LogP contribution < -0.4 is 5.32 Å². The Morgan fingerprint density at radius 2 is 2.00 bits per heavy atom. The second-order valence-electron chi connectivity index (χ2n) is 5.24. The maximum atomic E-state index is 11.9. The molecular formula is C17H16ClNO2. The standard InChI is InChI=1S/C17H16ClNO2/c18-14-5-3-12(4-6-14)11-19-15-8-13(9-16(20)10-15)17-2-1-7-21-17/h1-7,10,13,19H,8-9,11H2/t13-/m0/s1. The lowest BCUT2D eigenvalue weighted by Crippen LogP contribution is -2.21. The molecule has 2 aromatic rings. The molecule has 0 saturated carbocycles. The molecule has 1 aliphatic rings. The van der Waals surface area contributed by atoms with Crippen LogP contribution in [0.25, 0.3) is 0 Å². The number of allylic oxidation sites excluding steroid dienone is 2. The van der Waals surface area contributed by atoms with E-state index < -0.39 is 0 Å². The average molecular weight is 302 g/mol. The van der Waals surface area contributed by atoms with Crippen LogP contribution in [0.3, 0.4) is 0 Å². The Balaban J connectivity index is 1.64. The second kappa shape index (κ2) is 6.19. The van der Waals surface area contributed by atoms with Crippen LogP contribution in [0.1, 0.15) is 30.1 Å². The zero-order valence-electron chi connectivity index (χ0n) is 11.5. The maximum Gasteiger partial charge on any atom is 0.158 e.